The molecule has 2 rings (SSSR count). The minimum atomic E-state index is -0.555. The zero-order valence-electron chi connectivity index (χ0n) is 8.68. The molecule has 1 unspecified atom stereocenters. The molecule has 0 fully saturated rings. The van der Waals surface area contributed by atoms with Crippen LogP contribution in [0.25, 0.3) is 0 Å². The Morgan fingerprint density at radius 3 is 2.67 bits per heavy atom. The highest BCUT2D eigenvalue weighted by Crippen LogP contribution is 2.20. The molecule has 0 aliphatic rings. The van der Waals surface area contributed by atoms with Crippen LogP contribution in [0.15, 0.2) is 47.1 Å². The van der Waals surface area contributed by atoms with Gasteiger partial charge in [-0.15, -0.1) is 0 Å². The van der Waals surface area contributed by atoms with Crippen molar-refractivity contribution in [1.82, 2.24) is 0 Å². The van der Waals surface area contributed by atoms with Gasteiger partial charge in [0.2, 0.25) is 0 Å². The second kappa shape index (κ2) is 4.32. The molecule has 15 heavy (non-hydrogen) atoms. The van der Waals surface area contributed by atoms with Crippen molar-refractivity contribution < 1.29 is 9.52 Å². The van der Waals surface area contributed by atoms with Gasteiger partial charge in [0.25, 0.3) is 0 Å². The Bertz CT molecular complexity index is 418. The van der Waals surface area contributed by atoms with Crippen LogP contribution >= 0.6 is 0 Å². The van der Waals surface area contributed by atoms with E-state index in [9.17, 15) is 5.11 Å². The van der Waals surface area contributed by atoms with Gasteiger partial charge in [-0.3, -0.25) is 0 Å². The van der Waals surface area contributed by atoms with E-state index in [-0.39, 0.29) is 0 Å². The molecule has 0 spiro atoms. The Labute approximate surface area is 89.2 Å². The Hall–Kier alpha value is -1.54. The van der Waals surface area contributed by atoms with Crippen molar-refractivity contribution in [1.29, 1.82) is 0 Å². The van der Waals surface area contributed by atoms with Gasteiger partial charge < -0.3 is 9.52 Å². The third-order valence-electron chi connectivity index (χ3n) is 2.55. The second-order valence-corrected chi connectivity index (χ2v) is 3.66. The summed E-state index contributed by atoms with van der Waals surface area (Å²) in [6.07, 6.45) is 1.62. The average molecular weight is 202 g/mol. The number of hydrogen-bond donors (Lipinski definition) is 1. The van der Waals surface area contributed by atoms with Crippen LogP contribution in [0, 0.1) is 6.92 Å². The quantitative estimate of drug-likeness (QED) is 0.830. The number of rotatable bonds is 3. The Morgan fingerprint density at radius 1 is 1.20 bits per heavy atom. The first kappa shape index (κ1) is 9.99. The molecule has 1 atom stereocenters. The monoisotopic (exact) mass is 202 g/mol. The summed E-state index contributed by atoms with van der Waals surface area (Å²) < 4.78 is 5.16. The number of aryl methyl sites for hydroxylation is 1. The SMILES string of the molecule is Cc1ccccc1CC(O)c1ccco1. The lowest BCUT2D eigenvalue weighted by Gasteiger charge is -2.09. The van der Waals surface area contributed by atoms with Crippen molar-refractivity contribution in [2.24, 2.45) is 0 Å². The minimum absolute atomic E-state index is 0.555. The molecule has 0 saturated carbocycles. The van der Waals surface area contributed by atoms with Gasteiger partial charge in [0.15, 0.2) is 0 Å². The molecule has 2 heteroatoms. The van der Waals surface area contributed by atoms with Gasteiger partial charge in [-0.1, -0.05) is 24.3 Å². The normalized spacial score (nSPS) is 12.7. The van der Waals surface area contributed by atoms with Gasteiger partial charge >= 0.3 is 0 Å². The summed E-state index contributed by atoms with van der Waals surface area (Å²) in [4.78, 5) is 0. The molecule has 1 N–H and O–H groups in total. The fraction of sp³-hybridized carbons (Fsp3) is 0.231. The number of benzene rings is 1. The summed E-state index contributed by atoms with van der Waals surface area (Å²) in [6, 6.07) is 11.6. The largest absolute Gasteiger partial charge is 0.467 e. The lowest BCUT2D eigenvalue weighted by Crippen LogP contribution is -2.01. The smallest absolute Gasteiger partial charge is 0.132 e. The zero-order valence-corrected chi connectivity index (χ0v) is 8.68. The molecule has 2 nitrogen and oxygen atoms in total. The summed E-state index contributed by atoms with van der Waals surface area (Å²) in [6.45, 7) is 2.05. The van der Waals surface area contributed by atoms with Crippen LogP contribution < -0.4 is 0 Å². The molecule has 0 bridgehead atoms. The third kappa shape index (κ3) is 2.28. The topological polar surface area (TPSA) is 33.4 Å². The van der Waals surface area contributed by atoms with Gasteiger partial charge in [-0.05, 0) is 30.2 Å². The van der Waals surface area contributed by atoms with Gasteiger partial charge in [0.05, 0.1) is 6.26 Å². The molecule has 1 heterocycles. The van der Waals surface area contributed by atoms with E-state index >= 15 is 0 Å². The maximum absolute atomic E-state index is 9.89. The highest BCUT2D eigenvalue weighted by molar-refractivity contribution is 5.26. The predicted molar refractivity (Wildman–Crippen MR) is 58.6 cm³/mol. The second-order valence-electron chi connectivity index (χ2n) is 3.66. The summed E-state index contributed by atoms with van der Waals surface area (Å²) in [7, 11) is 0. The highest BCUT2D eigenvalue weighted by Gasteiger charge is 2.11. The lowest BCUT2D eigenvalue weighted by molar-refractivity contribution is 0.150. The first-order valence-electron chi connectivity index (χ1n) is 5.03. The molecule has 1 aromatic heterocycles. The van der Waals surface area contributed by atoms with E-state index in [1.54, 1.807) is 18.4 Å². The van der Waals surface area contributed by atoms with E-state index < -0.39 is 6.10 Å². The van der Waals surface area contributed by atoms with E-state index in [2.05, 4.69) is 0 Å². The molecule has 78 valence electrons. The number of furan rings is 1. The summed E-state index contributed by atoms with van der Waals surface area (Å²) in [5.74, 6) is 0.623. The van der Waals surface area contributed by atoms with Gasteiger partial charge in [0.1, 0.15) is 11.9 Å². The maximum atomic E-state index is 9.89. The van der Waals surface area contributed by atoms with E-state index in [4.69, 9.17) is 4.42 Å². The van der Waals surface area contributed by atoms with Crippen molar-refractivity contribution in [3.8, 4) is 0 Å². The van der Waals surface area contributed by atoms with Crippen LogP contribution in [0.3, 0.4) is 0 Å². The molecular formula is C13H14O2. The first-order chi connectivity index (χ1) is 7.27. The first-order valence-corrected chi connectivity index (χ1v) is 5.03. The molecule has 2 aromatic rings. The molecule has 0 saturated heterocycles. The minimum Gasteiger partial charge on any atom is -0.467 e. The van der Waals surface area contributed by atoms with Gasteiger partial charge in [0, 0.05) is 6.42 Å². The van der Waals surface area contributed by atoms with Crippen molar-refractivity contribution >= 4 is 0 Å². The van der Waals surface area contributed by atoms with Gasteiger partial charge in [-0.25, -0.2) is 0 Å². The molecule has 0 aliphatic carbocycles. The number of hydrogen-bond acceptors (Lipinski definition) is 2. The zero-order chi connectivity index (χ0) is 10.7. The maximum Gasteiger partial charge on any atom is 0.132 e. The van der Waals surface area contributed by atoms with Crippen molar-refractivity contribution in [2.75, 3.05) is 0 Å². The fourth-order valence-corrected chi connectivity index (χ4v) is 1.63. The van der Waals surface area contributed by atoms with Crippen LogP contribution in [-0.2, 0) is 6.42 Å². The van der Waals surface area contributed by atoms with E-state index in [1.807, 2.05) is 31.2 Å². The van der Waals surface area contributed by atoms with E-state index in [0.717, 1.165) is 5.56 Å². The Morgan fingerprint density at radius 2 is 2.00 bits per heavy atom. The van der Waals surface area contributed by atoms with Crippen LogP contribution in [-0.4, -0.2) is 5.11 Å². The molecule has 0 amide bonds. The lowest BCUT2D eigenvalue weighted by atomic mass is 10.0. The molecule has 1 aromatic carbocycles. The Balaban J connectivity index is 2.13. The summed E-state index contributed by atoms with van der Waals surface area (Å²) in [5.41, 5.74) is 2.35. The van der Waals surface area contributed by atoms with Crippen LogP contribution in [0.1, 0.15) is 23.0 Å². The standard InChI is InChI=1S/C13H14O2/c1-10-5-2-3-6-11(10)9-12(14)13-7-4-8-15-13/h2-8,12,14H,9H2,1H3. The molecule has 0 radical (unpaired) electrons. The van der Waals surface area contributed by atoms with Crippen LogP contribution in [0.5, 0.6) is 0 Å². The third-order valence-corrected chi connectivity index (χ3v) is 2.55. The average Bonchev–Trinajstić information content (AvgIpc) is 2.74. The van der Waals surface area contributed by atoms with Crippen molar-refractivity contribution in [2.45, 2.75) is 19.4 Å². The van der Waals surface area contributed by atoms with Crippen LogP contribution in [0.4, 0.5) is 0 Å². The van der Waals surface area contributed by atoms with E-state index in [0.29, 0.717) is 12.2 Å². The van der Waals surface area contributed by atoms with Crippen molar-refractivity contribution in [3.05, 3.63) is 59.5 Å². The van der Waals surface area contributed by atoms with Crippen LogP contribution in [0.2, 0.25) is 0 Å². The summed E-state index contributed by atoms with van der Waals surface area (Å²) in [5, 5.41) is 9.89. The fourth-order valence-electron chi connectivity index (χ4n) is 1.63. The number of aliphatic hydroxyl groups excluding tert-OH is 1. The van der Waals surface area contributed by atoms with Crippen molar-refractivity contribution in [3.63, 3.8) is 0 Å². The molecular weight excluding hydrogens is 188 g/mol. The summed E-state index contributed by atoms with van der Waals surface area (Å²) >= 11 is 0. The van der Waals surface area contributed by atoms with E-state index in [1.165, 1.54) is 5.56 Å². The Kier molecular flexibility index (Phi) is 2.88. The number of aliphatic hydroxyl groups is 1. The van der Waals surface area contributed by atoms with Gasteiger partial charge in [-0.2, -0.15) is 0 Å². The molecule has 0 aliphatic heterocycles. The predicted octanol–water partition coefficient (Wildman–Crippen LogP) is 2.86. The highest BCUT2D eigenvalue weighted by atomic mass is 16.4.